The minimum absolute atomic E-state index is 0.0402. The topological polar surface area (TPSA) is 57.6 Å². The Morgan fingerprint density at radius 1 is 1.27 bits per heavy atom. The highest BCUT2D eigenvalue weighted by Crippen LogP contribution is 2.24. The van der Waals surface area contributed by atoms with Crippen LogP contribution in [0.1, 0.15) is 37.7 Å². The minimum Gasteiger partial charge on any atom is -0.481 e. The molecule has 0 bridgehead atoms. The molecule has 1 aromatic carbocycles. The van der Waals surface area contributed by atoms with Crippen molar-refractivity contribution in [1.82, 2.24) is 4.90 Å². The molecular formula is C16H19Cl2NO3. The molecular weight excluding hydrogens is 325 g/mol. The predicted octanol–water partition coefficient (Wildman–Crippen LogP) is 3.78. The van der Waals surface area contributed by atoms with E-state index in [4.69, 9.17) is 28.3 Å². The van der Waals surface area contributed by atoms with Crippen LogP contribution in [0.5, 0.6) is 0 Å². The van der Waals surface area contributed by atoms with Crippen molar-refractivity contribution in [3.05, 3.63) is 33.8 Å². The fraction of sp³-hybridized carbons (Fsp3) is 0.500. The van der Waals surface area contributed by atoms with Crippen molar-refractivity contribution in [2.75, 3.05) is 6.54 Å². The Labute approximate surface area is 140 Å². The smallest absolute Gasteiger partial charge is 0.305 e. The van der Waals surface area contributed by atoms with Gasteiger partial charge in [-0.1, -0.05) is 29.3 Å². The lowest BCUT2D eigenvalue weighted by atomic mass is 10.1. The summed E-state index contributed by atoms with van der Waals surface area (Å²) in [5, 5.41) is 9.93. The average molecular weight is 344 g/mol. The van der Waals surface area contributed by atoms with Crippen molar-refractivity contribution in [3.8, 4) is 0 Å². The van der Waals surface area contributed by atoms with E-state index >= 15 is 0 Å². The van der Waals surface area contributed by atoms with Crippen LogP contribution in [0, 0.1) is 0 Å². The van der Waals surface area contributed by atoms with Gasteiger partial charge in [0.05, 0.1) is 16.5 Å². The third-order valence-electron chi connectivity index (χ3n) is 3.95. The monoisotopic (exact) mass is 343 g/mol. The summed E-state index contributed by atoms with van der Waals surface area (Å²) in [6.07, 6.45) is 3.60. The summed E-state index contributed by atoms with van der Waals surface area (Å²) in [7, 11) is 0. The highest BCUT2D eigenvalue weighted by molar-refractivity contribution is 6.42. The first-order chi connectivity index (χ1) is 10.5. The van der Waals surface area contributed by atoms with Gasteiger partial charge in [0, 0.05) is 19.0 Å². The second kappa shape index (κ2) is 7.84. The average Bonchev–Trinajstić information content (AvgIpc) is 2.90. The molecule has 1 N–H and O–H groups in total. The third-order valence-corrected chi connectivity index (χ3v) is 4.69. The van der Waals surface area contributed by atoms with Gasteiger partial charge in [-0.2, -0.15) is 0 Å². The van der Waals surface area contributed by atoms with Gasteiger partial charge in [0.1, 0.15) is 0 Å². The molecule has 0 radical (unpaired) electrons. The standard InChI is InChI=1S/C16H19Cl2NO3/c17-13-7-6-11(9-14(13)18)3-1-5-15(20)19-8-2-4-12(19)10-16(21)22/h6-7,9,12H,1-5,8,10H2,(H,21,22). The fourth-order valence-electron chi connectivity index (χ4n) is 2.86. The number of rotatable bonds is 6. The van der Waals surface area contributed by atoms with E-state index in [1.165, 1.54) is 0 Å². The zero-order valence-corrected chi connectivity index (χ0v) is 13.7. The molecule has 0 saturated carbocycles. The Morgan fingerprint density at radius 2 is 2.05 bits per heavy atom. The lowest BCUT2D eigenvalue weighted by Crippen LogP contribution is -2.36. The van der Waals surface area contributed by atoms with E-state index in [-0.39, 0.29) is 18.4 Å². The quantitative estimate of drug-likeness (QED) is 0.854. The number of benzene rings is 1. The van der Waals surface area contributed by atoms with Gasteiger partial charge in [-0.3, -0.25) is 9.59 Å². The minimum atomic E-state index is -0.847. The SMILES string of the molecule is O=C(O)CC1CCCN1C(=O)CCCc1ccc(Cl)c(Cl)c1. The van der Waals surface area contributed by atoms with Gasteiger partial charge in [-0.05, 0) is 43.4 Å². The van der Waals surface area contributed by atoms with E-state index in [0.29, 0.717) is 29.4 Å². The summed E-state index contributed by atoms with van der Waals surface area (Å²) in [6, 6.07) is 5.33. The molecule has 1 aliphatic heterocycles. The van der Waals surface area contributed by atoms with Crippen molar-refractivity contribution in [1.29, 1.82) is 0 Å². The Bertz CT molecular complexity index is 562. The molecule has 1 atom stereocenters. The molecule has 22 heavy (non-hydrogen) atoms. The molecule has 0 aromatic heterocycles. The number of carbonyl (C=O) groups is 2. The van der Waals surface area contributed by atoms with E-state index in [2.05, 4.69) is 0 Å². The summed E-state index contributed by atoms with van der Waals surface area (Å²) in [5.41, 5.74) is 1.05. The predicted molar refractivity (Wildman–Crippen MR) is 86.4 cm³/mol. The molecule has 1 fully saturated rings. The first-order valence-corrected chi connectivity index (χ1v) is 8.18. The Balaban J connectivity index is 1.82. The molecule has 1 aliphatic rings. The molecule has 1 unspecified atom stereocenters. The zero-order chi connectivity index (χ0) is 16.1. The second-order valence-corrected chi connectivity index (χ2v) is 6.40. The molecule has 2 rings (SSSR count). The van der Waals surface area contributed by atoms with Crippen LogP contribution in [0.15, 0.2) is 18.2 Å². The number of hydrogen-bond acceptors (Lipinski definition) is 2. The van der Waals surface area contributed by atoms with Crippen LogP contribution in [0.25, 0.3) is 0 Å². The van der Waals surface area contributed by atoms with E-state index < -0.39 is 5.97 Å². The summed E-state index contributed by atoms with van der Waals surface area (Å²) >= 11 is 11.8. The van der Waals surface area contributed by atoms with Gasteiger partial charge >= 0.3 is 5.97 Å². The van der Waals surface area contributed by atoms with E-state index in [9.17, 15) is 9.59 Å². The maximum Gasteiger partial charge on any atom is 0.305 e. The number of aliphatic carboxylic acids is 1. The summed E-state index contributed by atoms with van der Waals surface area (Å²) in [6.45, 7) is 0.670. The number of nitrogens with zero attached hydrogens (tertiary/aromatic N) is 1. The maximum atomic E-state index is 12.2. The number of carboxylic acid groups (broad SMARTS) is 1. The van der Waals surface area contributed by atoms with Gasteiger partial charge in [0.2, 0.25) is 5.91 Å². The van der Waals surface area contributed by atoms with Crippen molar-refractivity contribution in [2.24, 2.45) is 0 Å². The van der Waals surface area contributed by atoms with Crippen LogP contribution in [-0.2, 0) is 16.0 Å². The van der Waals surface area contributed by atoms with Gasteiger partial charge in [0.25, 0.3) is 0 Å². The first kappa shape index (κ1) is 17.1. The van der Waals surface area contributed by atoms with E-state index in [0.717, 1.165) is 24.8 Å². The second-order valence-electron chi connectivity index (χ2n) is 5.58. The molecule has 1 aromatic rings. The van der Waals surface area contributed by atoms with Gasteiger partial charge in [0.15, 0.2) is 0 Å². The Hall–Kier alpha value is -1.26. The number of carbonyl (C=O) groups excluding carboxylic acids is 1. The summed E-state index contributed by atoms with van der Waals surface area (Å²) < 4.78 is 0. The maximum absolute atomic E-state index is 12.2. The summed E-state index contributed by atoms with van der Waals surface area (Å²) in [4.78, 5) is 24.8. The largest absolute Gasteiger partial charge is 0.481 e. The number of hydrogen-bond donors (Lipinski definition) is 1. The van der Waals surface area contributed by atoms with Crippen LogP contribution in [0.4, 0.5) is 0 Å². The van der Waals surface area contributed by atoms with Crippen LogP contribution in [0.3, 0.4) is 0 Å². The third kappa shape index (κ3) is 4.62. The number of likely N-dealkylation sites (tertiary alicyclic amines) is 1. The van der Waals surface area contributed by atoms with Crippen molar-refractivity contribution >= 4 is 35.1 Å². The highest BCUT2D eigenvalue weighted by Gasteiger charge is 2.29. The highest BCUT2D eigenvalue weighted by atomic mass is 35.5. The van der Waals surface area contributed by atoms with Crippen LogP contribution >= 0.6 is 23.2 Å². The van der Waals surface area contributed by atoms with Gasteiger partial charge in [-0.25, -0.2) is 0 Å². The number of halogens is 2. The van der Waals surface area contributed by atoms with Gasteiger partial charge in [-0.15, -0.1) is 0 Å². The van der Waals surface area contributed by atoms with Crippen LogP contribution < -0.4 is 0 Å². The molecule has 0 aliphatic carbocycles. The molecule has 1 saturated heterocycles. The van der Waals surface area contributed by atoms with Crippen LogP contribution in [-0.4, -0.2) is 34.5 Å². The fourth-order valence-corrected chi connectivity index (χ4v) is 3.18. The number of carboxylic acids is 1. The van der Waals surface area contributed by atoms with Crippen molar-refractivity contribution in [3.63, 3.8) is 0 Å². The Morgan fingerprint density at radius 3 is 2.73 bits per heavy atom. The Kier molecular flexibility index (Phi) is 6.09. The van der Waals surface area contributed by atoms with Gasteiger partial charge < -0.3 is 10.0 Å². The van der Waals surface area contributed by atoms with E-state index in [1.807, 2.05) is 12.1 Å². The molecule has 1 amide bonds. The molecule has 4 nitrogen and oxygen atoms in total. The lowest BCUT2D eigenvalue weighted by molar-refractivity contribution is -0.139. The van der Waals surface area contributed by atoms with Crippen molar-refractivity contribution in [2.45, 2.75) is 44.6 Å². The molecule has 0 spiro atoms. The molecule has 120 valence electrons. The van der Waals surface area contributed by atoms with E-state index in [1.54, 1.807) is 11.0 Å². The normalized spacial score (nSPS) is 17.7. The number of aryl methyl sites for hydroxylation is 1. The summed E-state index contributed by atoms with van der Waals surface area (Å²) in [5.74, 6) is -0.802. The first-order valence-electron chi connectivity index (χ1n) is 7.42. The number of amides is 1. The lowest BCUT2D eigenvalue weighted by Gasteiger charge is -2.23. The zero-order valence-electron chi connectivity index (χ0n) is 12.2. The van der Waals surface area contributed by atoms with Crippen molar-refractivity contribution < 1.29 is 14.7 Å². The van der Waals surface area contributed by atoms with Crippen LogP contribution in [0.2, 0.25) is 10.0 Å². The molecule has 6 heteroatoms. The molecule has 1 heterocycles.